The second kappa shape index (κ2) is 7.00. The Morgan fingerprint density at radius 1 is 0.833 bits per heavy atom. The van der Waals surface area contributed by atoms with Crippen LogP contribution in [0.15, 0.2) is 42.6 Å². The van der Waals surface area contributed by atoms with Gasteiger partial charge in [0.15, 0.2) is 0 Å². The van der Waals surface area contributed by atoms with Crippen molar-refractivity contribution < 1.29 is 14.2 Å². The van der Waals surface area contributed by atoms with Gasteiger partial charge in [0.25, 0.3) is 0 Å². The van der Waals surface area contributed by atoms with Crippen molar-refractivity contribution in [3.05, 3.63) is 53.9 Å². The molecular weight excluding hydrogens is 304 g/mol. The summed E-state index contributed by atoms with van der Waals surface area (Å²) in [5.74, 6) is 2.00. The van der Waals surface area contributed by atoms with Crippen LogP contribution in [0.4, 0.5) is 0 Å². The summed E-state index contributed by atoms with van der Waals surface area (Å²) in [5, 5.41) is 0. The van der Waals surface area contributed by atoms with E-state index in [-0.39, 0.29) is 0 Å². The van der Waals surface area contributed by atoms with Crippen molar-refractivity contribution in [1.82, 2.24) is 9.97 Å². The van der Waals surface area contributed by atoms with Crippen LogP contribution >= 0.6 is 0 Å². The van der Waals surface area contributed by atoms with E-state index in [0.29, 0.717) is 17.2 Å². The van der Waals surface area contributed by atoms with Gasteiger partial charge in [0.05, 0.1) is 49.8 Å². The van der Waals surface area contributed by atoms with Crippen molar-refractivity contribution in [2.75, 3.05) is 21.3 Å². The molecule has 24 heavy (non-hydrogen) atoms. The predicted molar refractivity (Wildman–Crippen MR) is 94.6 cm³/mol. The zero-order valence-electron chi connectivity index (χ0n) is 13.8. The number of hydrogen-bond acceptors (Lipinski definition) is 5. The predicted octanol–water partition coefficient (Wildman–Crippen LogP) is 3.83. The minimum Gasteiger partial charge on any atom is -0.496 e. The van der Waals surface area contributed by atoms with Crippen LogP contribution in [0.5, 0.6) is 17.2 Å². The molecule has 0 radical (unpaired) electrons. The first kappa shape index (κ1) is 15.8. The second-order valence-electron chi connectivity index (χ2n) is 5.06. The topological polar surface area (TPSA) is 53.5 Å². The molecule has 0 atom stereocenters. The van der Waals surface area contributed by atoms with Crippen LogP contribution in [-0.2, 0) is 0 Å². The molecule has 0 aliphatic carbocycles. The summed E-state index contributed by atoms with van der Waals surface area (Å²) in [7, 11) is 4.83. The Morgan fingerprint density at radius 2 is 1.50 bits per heavy atom. The lowest BCUT2D eigenvalue weighted by Crippen LogP contribution is -1.95. The van der Waals surface area contributed by atoms with E-state index in [1.807, 2.05) is 48.6 Å². The molecule has 0 unspecified atom stereocenters. The van der Waals surface area contributed by atoms with Crippen LogP contribution in [0.3, 0.4) is 0 Å². The van der Waals surface area contributed by atoms with Crippen LogP contribution in [0.1, 0.15) is 11.3 Å². The molecule has 0 aliphatic heterocycles. The molecule has 2 aromatic carbocycles. The number of fused-ring (bicyclic) bond motifs is 1. The average Bonchev–Trinajstić information content (AvgIpc) is 2.65. The highest BCUT2D eigenvalue weighted by molar-refractivity contribution is 5.79. The lowest BCUT2D eigenvalue weighted by Gasteiger charge is -2.12. The van der Waals surface area contributed by atoms with E-state index in [0.717, 1.165) is 22.3 Å². The SMILES string of the molecule is COc1cc(OC)c(/C=C/c2cnc3ccccc3n2)c(OC)c1. The lowest BCUT2D eigenvalue weighted by atomic mass is 10.1. The first-order chi connectivity index (χ1) is 11.7. The number of benzene rings is 2. The van der Waals surface area contributed by atoms with Gasteiger partial charge in [-0.25, -0.2) is 4.98 Å². The number of ether oxygens (including phenoxy) is 3. The van der Waals surface area contributed by atoms with E-state index in [1.165, 1.54) is 0 Å². The Balaban J connectivity index is 2.00. The quantitative estimate of drug-likeness (QED) is 0.714. The maximum atomic E-state index is 5.44. The largest absolute Gasteiger partial charge is 0.496 e. The average molecular weight is 322 g/mol. The minimum absolute atomic E-state index is 0.663. The number of aromatic nitrogens is 2. The molecule has 0 spiro atoms. The highest BCUT2D eigenvalue weighted by Crippen LogP contribution is 2.35. The van der Waals surface area contributed by atoms with Crippen LogP contribution < -0.4 is 14.2 Å². The summed E-state index contributed by atoms with van der Waals surface area (Å²) in [6, 6.07) is 11.4. The number of para-hydroxylation sites is 2. The fourth-order valence-electron chi connectivity index (χ4n) is 2.42. The van der Waals surface area contributed by atoms with Crippen molar-refractivity contribution in [1.29, 1.82) is 0 Å². The Bertz CT molecular complexity index is 866. The molecule has 3 aromatic rings. The van der Waals surface area contributed by atoms with Gasteiger partial charge in [-0.3, -0.25) is 4.98 Å². The highest BCUT2D eigenvalue weighted by Gasteiger charge is 2.10. The number of rotatable bonds is 5. The van der Waals surface area contributed by atoms with Crippen LogP contribution in [0.25, 0.3) is 23.2 Å². The van der Waals surface area contributed by atoms with E-state index < -0.39 is 0 Å². The maximum Gasteiger partial charge on any atom is 0.133 e. The molecular formula is C19H18N2O3. The molecule has 0 bridgehead atoms. The van der Waals surface area contributed by atoms with Crippen molar-refractivity contribution in [2.24, 2.45) is 0 Å². The Morgan fingerprint density at radius 3 is 2.12 bits per heavy atom. The summed E-state index contributed by atoms with van der Waals surface area (Å²) >= 11 is 0. The fourth-order valence-corrected chi connectivity index (χ4v) is 2.42. The summed E-state index contributed by atoms with van der Waals surface area (Å²) in [4.78, 5) is 8.99. The van der Waals surface area contributed by atoms with Crippen LogP contribution in [0, 0.1) is 0 Å². The number of methoxy groups -OCH3 is 3. The molecule has 0 N–H and O–H groups in total. The zero-order chi connectivity index (χ0) is 16.9. The zero-order valence-corrected chi connectivity index (χ0v) is 13.8. The van der Waals surface area contributed by atoms with Gasteiger partial charge in [0.2, 0.25) is 0 Å². The van der Waals surface area contributed by atoms with Gasteiger partial charge in [0.1, 0.15) is 17.2 Å². The summed E-state index contributed by atoms with van der Waals surface area (Å²) in [6.07, 6.45) is 5.52. The van der Waals surface area contributed by atoms with Gasteiger partial charge in [-0.15, -0.1) is 0 Å². The molecule has 0 saturated carbocycles. The van der Waals surface area contributed by atoms with E-state index >= 15 is 0 Å². The fraction of sp³-hybridized carbons (Fsp3) is 0.158. The van der Waals surface area contributed by atoms with Crippen molar-refractivity contribution in [3.63, 3.8) is 0 Å². The smallest absolute Gasteiger partial charge is 0.133 e. The van der Waals surface area contributed by atoms with Crippen LogP contribution in [0.2, 0.25) is 0 Å². The lowest BCUT2D eigenvalue weighted by molar-refractivity contribution is 0.374. The molecule has 5 heteroatoms. The first-order valence-corrected chi connectivity index (χ1v) is 7.45. The molecule has 3 rings (SSSR count). The minimum atomic E-state index is 0.663. The number of hydrogen-bond donors (Lipinski definition) is 0. The number of nitrogens with zero attached hydrogens (tertiary/aromatic N) is 2. The Labute approximate surface area is 140 Å². The van der Waals surface area contributed by atoms with Crippen molar-refractivity contribution in [3.8, 4) is 17.2 Å². The normalized spacial score (nSPS) is 11.0. The van der Waals surface area contributed by atoms with Gasteiger partial charge in [-0.05, 0) is 24.3 Å². The molecule has 0 fully saturated rings. The van der Waals surface area contributed by atoms with E-state index in [4.69, 9.17) is 14.2 Å². The van der Waals surface area contributed by atoms with Gasteiger partial charge in [-0.1, -0.05) is 12.1 Å². The molecule has 1 heterocycles. The highest BCUT2D eigenvalue weighted by atomic mass is 16.5. The third-order valence-electron chi connectivity index (χ3n) is 3.64. The van der Waals surface area contributed by atoms with E-state index in [2.05, 4.69) is 9.97 Å². The van der Waals surface area contributed by atoms with Gasteiger partial charge >= 0.3 is 0 Å². The third-order valence-corrected chi connectivity index (χ3v) is 3.64. The Kier molecular flexibility index (Phi) is 4.61. The van der Waals surface area contributed by atoms with E-state index in [1.54, 1.807) is 27.5 Å². The molecule has 5 nitrogen and oxygen atoms in total. The maximum absolute atomic E-state index is 5.44. The first-order valence-electron chi connectivity index (χ1n) is 7.45. The molecule has 0 amide bonds. The molecule has 1 aromatic heterocycles. The van der Waals surface area contributed by atoms with Crippen molar-refractivity contribution >= 4 is 23.2 Å². The Hall–Kier alpha value is -3.08. The van der Waals surface area contributed by atoms with Crippen molar-refractivity contribution in [2.45, 2.75) is 0 Å². The van der Waals surface area contributed by atoms with Gasteiger partial charge in [0, 0.05) is 12.1 Å². The summed E-state index contributed by atoms with van der Waals surface area (Å²) in [6.45, 7) is 0. The summed E-state index contributed by atoms with van der Waals surface area (Å²) in [5.41, 5.74) is 3.30. The third kappa shape index (κ3) is 3.15. The molecule has 0 saturated heterocycles. The molecule has 0 aliphatic rings. The second-order valence-corrected chi connectivity index (χ2v) is 5.06. The summed E-state index contributed by atoms with van der Waals surface area (Å²) < 4.78 is 16.1. The monoisotopic (exact) mass is 322 g/mol. The molecule has 122 valence electrons. The van der Waals surface area contributed by atoms with E-state index in [9.17, 15) is 0 Å². The van der Waals surface area contributed by atoms with Gasteiger partial charge in [-0.2, -0.15) is 0 Å². The standard InChI is InChI=1S/C19H18N2O3/c1-22-14-10-18(23-2)15(19(11-14)24-3)9-8-13-12-20-16-6-4-5-7-17(16)21-13/h4-12H,1-3H3/b9-8+. The van der Waals surface area contributed by atoms with Gasteiger partial charge < -0.3 is 14.2 Å². The van der Waals surface area contributed by atoms with Crippen LogP contribution in [-0.4, -0.2) is 31.3 Å².